The Morgan fingerprint density at radius 2 is 1.72 bits per heavy atom. The van der Waals surface area contributed by atoms with Crippen molar-refractivity contribution in [2.75, 3.05) is 19.0 Å². The van der Waals surface area contributed by atoms with E-state index >= 15 is 0 Å². The number of hydrogen-bond donors (Lipinski definition) is 1. The van der Waals surface area contributed by atoms with Crippen LogP contribution < -0.4 is 10.1 Å². The van der Waals surface area contributed by atoms with E-state index < -0.39 is 5.97 Å². The van der Waals surface area contributed by atoms with Crippen molar-refractivity contribution in [2.24, 2.45) is 0 Å². The first-order valence-electron chi connectivity index (χ1n) is 9.35. The molecule has 1 N–H and O–H groups in total. The van der Waals surface area contributed by atoms with Gasteiger partial charge in [0, 0.05) is 16.5 Å². The van der Waals surface area contributed by atoms with Gasteiger partial charge in [-0.05, 0) is 57.2 Å². The van der Waals surface area contributed by atoms with Crippen LogP contribution in [0, 0.1) is 0 Å². The van der Waals surface area contributed by atoms with E-state index in [1.807, 2.05) is 20.8 Å². The molecule has 2 rings (SSSR count). The van der Waals surface area contributed by atoms with Crippen LogP contribution in [0.1, 0.15) is 41.5 Å². The summed E-state index contributed by atoms with van der Waals surface area (Å²) in [6.45, 7) is 5.83. The van der Waals surface area contributed by atoms with Gasteiger partial charge in [-0.2, -0.15) is 0 Å². The predicted molar refractivity (Wildman–Crippen MR) is 113 cm³/mol. The smallest absolute Gasteiger partial charge is 0.339 e. The number of amides is 1. The summed E-state index contributed by atoms with van der Waals surface area (Å²) < 4.78 is 10.5. The molecule has 7 heteroatoms. The maximum atomic E-state index is 12.5. The van der Waals surface area contributed by atoms with Crippen LogP contribution in [0.15, 0.2) is 53.4 Å². The third-order valence-corrected chi connectivity index (χ3v) is 4.81. The second kappa shape index (κ2) is 11.3. The Balaban J connectivity index is 1.94. The number of carbonyl (C=O) groups excluding carboxylic acids is 3. The van der Waals surface area contributed by atoms with Crippen LogP contribution in [-0.4, -0.2) is 42.7 Å². The lowest BCUT2D eigenvalue weighted by molar-refractivity contribution is -0.119. The van der Waals surface area contributed by atoms with Gasteiger partial charge in [-0.3, -0.25) is 9.59 Å². The van der Waals surface area contributed by atoms with Crippen molar-refractivity contribution < 1.29 is 23.9 Å². The van der Waals surface area contributed by atoms with Crippen molar-refractivity contribution in [1.29, 1.82) is 0 Å². The van der Waals surface area contributed by atoms with Gasteiger partial charge in [0.2, 0.25) is 5.91 Å². The Hall–Kier alpha value is -2.80. The van der Waals surface area contributed by atoms with E-state index in [2.05, 4.69) is 5.32 Å². The van der Waals surface area contributed by atoms with Gasteiger partial charge in [-0.15, -0.1) is 11.8 Å². The average Bonchev–Trinajstić information content (AvgIpc) is 2.70. The summed E-state index contributed by atoms with van der Waals surface area (Å²) in [5.74, 6) is -0.153. The van der Waals surface area contributed by atoms with E-state index in [4.69, 9.17) is 9.47 Å². The maximum Gasteiger partial charge on any atom is 0.339 e. The monoisotopic (exact) mass is 415 g/mol. The highest BCUT2D eigenvalue weighted by Crippen LogP contribution is 2.23. The molecule has 0 aliphatic rings. The Bertz CT molecular complexity index is 849. The van der Waals surface area contributed by atoms with Gasteiger partial charge in [0.05, 0.1) is 17.9 Å². The van der Waals surface area contributed by atoms with Gasteiger partial charge < -0.3 is 14.8 Å². The van der Waals surface area contributed by atoms with Gasteiger partial charge in [-0.1, -0.05) is 12.1 Å². The number of esters is 1. The van der Waals surface area contributed by atoms with Gasteiger partial charge in [0.1, 0.15) is 5.75 Å². The Labute approximate surface area is 175 Å². The number of Topliss-reactive ketones (excluding diaryl/α,β-unsaturated/α-hetero) is 1. The first kappa shape index (κ1) is 22.5. The van der Waals surface area contributed by atoms with E-state index in [1.54, 1.807) is 48.5 Å². The van der Waals surface area contributed by atoms with E-state index in [0.29, 0.717) is 28.4 Å². The van der Waals surface area contributed by atoms with E-state index in [-0.39, 0.29) is 30.1 Å². The molecule has 0 saturated heterocycles. The highest BCUT2D eigenvalue weighted by molar-refractivity contribution is 8.00. The quantitative estimate of drug-likeness (QED) is 0.362. The molecule has 2 aromatic carbocycles. The van der Waals surface area contributed by atoms with Crippen molar-refractivity contribution in [3.05, 3.63) is 59.7 Å². The molecule has 29 heavy (non-hydrogen) atoms. The van der Waals surface area contributed by atoms with Crippen LogP contribution in [0.2, 0.25) is 0 Å². The lowest BCUT2D eigenvalue weighted by Gasteiger charge is -2.11. The standard InChI is InChI=1S/C22H25NO5S/c1-4-27-17-11-9-16(10-12-17)19(24)13-28-22(26)18-7-5-6-8-20(18)29-14-21(25)23-15(2)3/h5-12,15H,4,13-14H2,1-3H3,(H,23,25). The SMILES string of the molecule is CCOc1ccc(C(=O)COC(=O)c2ccccc2SCC(=O)NC(C)C)cc1. The summed E-state index contributed by atoms with van der Waals surface area (Å²) in [4.78, 5) is 37.2. The van der Waals surface area contributed by atoms with Gasteiger partial charge in [-0.25, -0.2) is 4.79 Å². The molecule has 1 amide bonds. The molecule has 0 aromatic heterocycles. The molecule has 0 spiro atoms. The first-order valence-corrected chi connectivity index (χ1v) is 10.3. The van der Waals surface area contributed by atoms with Crippen molar-refractivity contribution >= 4 is 29.4 Å². The zero-order valence-electron chi connectivity index (χ0n) is 16.8. The van der Waals surface area contributed by atoms with Crippen LogP contribution in [0.3, 0.4) is 0 Å². The van der Waals surface area contributed by atoms with Gasteiger partial charge in [0.25, 0.3) is 0 Å². The molecule has 0 heterocycles. The normalized spacial score (nSPS) is 10.5. The van der Waals surface area contributed by atoms with E-state index in [9.17, 15) is 14.4 Å². The third-order valence-electron chi connectivity index (χ3n) is 3.74. The number of carbonyl (C=O) groups is 3. The second-order valence-electron chi connectivity index (χ2n) is 6.46. The van der Waals surface area contributed by atoms with Crippen LogP contribution >= 0.6 is 11.8 Å². The van der Waals surface area contributed by atoms with Gasteiger partial charge in [0.15, 0.2) is 12.4 Å². The zero-order chi connectivity index (χ0) is 21.2. The second-order valence-corrected chi connectivity index (χ2v) is 7.48. The van der Waals surface area contributed by atoms with E-state index in [0.717, 1.165) is 0 Å². The van der Waals surface area contributed by atoms with Crippen molar-refractivity contribution in [1.82, 2.24) is 5.32 Å². The number of nitrogens with one attached hydrogen (secondary N) is 1. The maximum absolute atomic E-state index is 12.5. The minimum Gasteiger partial charge on any atom is -0.494 e. The van der Waals surface area contributed by atoms with Crippen molar-refractivity contribution in [3.8, 4) is 5.75 Å². The molecular weight excluding hydrogens is 390 g/mol. The summed E-state index contributed by atoms with van der Waals surface area (Å²) in [5.41, 5.74) is 0.767. The topological polar surface area (TPSA) is 81.7 Å². The number of thioether (sulfide) groups is 1. The number of ketones is 1. The number of hydrogen-bond acceptors (Lipinski definition) is 6. The molecule has 2 aromatic rings. The number of rotatable bonds is 10. The van der Waals surface area contributed by atoms with Gasteiger partial charge >= 0.3 is 5.97 Å². The fourth-order valence-electron chi connectivity index (χ4n) is 2.46. The molecule has 6 nitrogen and oxygen atoms in total. The van der Waals surface area contributed by atoms with Crippen LogP contribution in [0.25, 0.3) is 0 Å². The molecule has 0 atom stereocenters. The highest BCUT2D eigenvalue weighted by atomic mass is 32.2. The Morgan fingerprint density at radius 1 is 1.03 bits per heavy atom. The average molecular weight is 416 g/mol. The summed E-state index contributed by atoms with van der Waals surface area (Å²) in [7, 11) is 0. The summed E-state index contributed by atoms with van der Waals surface area (Å²) in [6, 6.07) is 13.6. The fourth-order valence-corrected chi connectivity index (χ4v) is 3.32. The predicted octanol–water partition coefficient (Wildman–Crippen LogP) is 3.74. The molecule has 0 saturated carbocycles. The molecule has 0 unspecified atom stereocenters. The Morgan fingerprint density at radius 3 is 2.38 bits per heavy atom. The summed E-state index contributed by atoms with van der Waals surface area (Å²) in [5, 5.41) is 2.80. The number of ether oxygens (including phenoxy) is 2. The highest BCUT2D eigenvalue weighted by Gasteiger charge is 2.16. The molecular formula is C22H25NO5S. The minimum atomic E-state index is -0.600. The largest absolute Gasteiger partial charge is 0.494 e. The Kier molecular flexibility index (Phi) is 8.73. The lowest BCUT2D eigenvalue weighted by Crippen LogP contribution is -2.31. The minimum absolute atomic E-state index is 0.0527. The molecule has 0 bridgehead atoms. The molecule has 0 aliphatic carbocycles. The van der Waals surface area contributed by atoms with Crippen molar-refractivity contribution in [3.63, 3.8) is 0 Å². The molecule has 0 fully saturated rings. The number of benzene rings is 2. The van der Waals surface area contributed by atoms with E-state index in [1.165, 1.54) is 11.8 Å². The van der Waals surface area contributed by atoms with Crippen LogP contribution in [0.5, 0.6) is 5.75 Å². The lowest BCUT2D eigenvalue weighted by atomic mass is 10.1. The summed E-state index contributed by atoms with van der Waals surface area (Å²) >= 11 is 1.25. The molecule has 0 radical (unpaired) electrons. The molecule has 154 valence electrons. The summed E-state index contributed by atoms with van der Waals surface area (Å²) in [6.07, 6.45) is 0. The van der Waals surface area contributed by atoms with Crippen LogP contribution in [0.4, 0.5) is 0 Å². The van der Waals surface area contributed by atoms with Crippen molar-refractivity contribution in [2.45, 2.75) is 31.7 Å². The zero-order valence-corrected chi connectivity index (χ0v) is 17.6. The fraction of sp³-hybridized carbons (Fsp3) is 0.318. The molecule has 0 aliphatic heterocycles. The first-order chi connectivity index (χ1) is 13.9. The van der Waals surface area contributed by atoms with Crippen LogP contribution in [-0.2, 0) is 9.53 Å². The third kappa shape index (κ3) is 7.27.